The number of anilines is 1. The second-order valence-electron chi connectivity index (χ2n) is 3.72. The molecule has 0 saturated heterocycles. The molecule has 0 fully saturated rings. The van der Waals surface area contributed by atoms with Gasteiger partial charge in [0, 0.05) is 13.2 Å². The first-order valence-electron chi connectivity index (χ1n) is 5.45. The summed E-state index contributed by atoms with van der Waals surface area (Å²) in [6.07, 6.45) is -2.84. The zero-order chi connectivity index (χ0) is 14.8. The maximum Gasteiger partial charge on any atom is 0.416 e. The maximum absolute atomic E-state index is 12.8. The van der Waals surface area contributed by atoms with Gasteiger partial charge in [0.15, 0.2) is 0 Å². The van der Waals surface area contributed by atoms with E-state index in [0.29, 0.717) is 9.50 Å². The van der Waals surface area contributed by atoms with Crippen LogP contribution in [0.25, 0.3) is 0 Å². The molecule has 0 radical (unpaired) electrons. The molecule has 0 aliphatic heterocycles. The van der Waals surface area contributed by atoms with Gasteiger partial charge in [0.25, 0.3) is 0 Å². The molecule has 0 amide bonds. The molecule has 0 atom stereocenters. The van der Waals surface area contributed by atoms with Crippen molar-refractivity contribution in [2.45, 2.75) is 16.2 Å². The van der Waals surface area contributed by atoms with Gasteiger partial charge in [-0.05, 0) is 52.0 Å². The minimum absolute atomic E-state index is 0.161. The Bertz CT molecular complexity index is 619. The lowest BCUT2D eigenvalue weighted by molar-refractivity contribution is -0.137. The van der Waals surface area contributed by atoms with Crippen molar-refractivity contribution in [2.24, 2.45) is 0 Å². The van der Waals surface area contributed by atoms with Crippen LogP contribution < -0.4 is 5.32 Å². The highest BCUT2D eigenvalue weighted by atomic mass is 79.9. The van der Waals surface area contributed by atoms with E-state index in [2.05, 4.69) is 31.2 Å². The molecule has 0 spiro atoms. The molecule has 0 aliphatic rings. The van der Waals surface area contributed by atoms with Crippen molar-refractivity contribution in [2.75, 3.05) is 12.4 Å². The number of nitrogens with zero attached hydrogens (tertiary/aromatic N) is 2. The molecule has 0 aromatic carbocycles. The van der Waals surface area contributed by atoms with Gasteiger partial charge in [0.2, 0.25) is 0 Å². The van der Waals surface area contributed by atoms with E-state index in [0.717, 1.165) is 23.9 Å². The summed E-state index contributed by atoms with van der Waals surface area (Å²) in [7, 11) is 1.52. The van der Waals surface area contributed by atoms with Crippen LogP contribution in [0.3, 0.4) is 0 Å². The molecule has 0 bridgehead atoms. The highest BCUT2D eigenvalue weighted by Crippen LogP contribution is 2.36. The Kier molecular flexibility index (Phi) is 4.54. The molecule has 1 N–H and O–H groups in total. The minimum Gasteiger partial charge on any atom is -0.373 e. The van der Waals surface area contributed by atoms with Gasteiger partial charge in [0.05, 0.1) is 10.0 Å². The molecule has 2 aromatic rings. The maximum atomic E-state index is 12.8. The largest absolute Gasteiger partial charge is 0.416 e. The third-order valence-corrected chi connectivity index (χ3v) is 4.15. The van der Waals surface area contributed by atoms with Crippen LogP contribution in [0, 0.1) is 0 Å². The monoisotopic (exact) mass is 363 g/mol. The fraction of sp³-hybridized carbons (Fsp3) is 0.167. The van der Waals surface area contributed by atoms with E-state index in [1.807, 2.05) is 0 Å². The van der Waals surface area contributed by atoms with Crippen molar-refractivity contribution >= 4 is 33.5 Å². The molecule has 2 aromatic heterocycles. The summed E-state index contributed by atoms with van der Waals surface area (Å²) in [5, 5.41) is 3.41. The highest BCUT2D eigenvalue weighted by Gasteiger charge is 2.31. The number of hydrogen-bond donors (Lipinski definition) is 1. The van der Waals surface area contributed by atoms with Crippen LogP contribution in [0.15, 0.2) is 45.0 Å². The van der Waals surface area contributed by atoms with Crippen LogP contribution in [0.1, 0.15) is 5.56 Å². The van der Waals surface area contributed by atoms with E-state index in [-0.39, 0.29) is 10.8 Å². The summed E-state index contributed by atoms with van der Waals surface area (Å²) in [5.74, 6) is 0.161. The van der Waals surface area contributed by atoms with Crippen LogP contribution in [-0.4, -0.2) is 17.0 Å². The van der Waals surface area contributed by atoms with Crippen LogP contribution >= 0.6 is 27.7 Å². The number of aromatic nitrogens is 2. The fourth-order valence-electron chi connectivity index (χ4n) is 1.39. The molecule has 106 valence electrons. The van der Waals surface area contributed by atoms with Crippen LogP contribution in [-0.2, 0) is 6.18 Å². The standard InChI is InChI=1S/C12H9BrF3N3S/c1-17-9-5-7(12(14,15)16)6-10(19-9)20-11-8(13)3-2-4-18-11/h2-6H,1H3,(H,17,19). The number of nitrogens with one attached hydrogen (secondary N) is 1. The van der Waals surface area contributed by atoms with E-state index in [1.165, 1.54) is 7.05 Å². The van der Waals surface area contributed by atoms with Crippen LogP contribution in [0.2, 0.25) is 0 Å². The third kappa shape index (κ3) is 3.63. The quantitative estimate of drug-likeness (QED) is 0.873. The average molecular weight is 364 g/mol. The summed E-state index contributed by atoms with van der Waals surface area (Å²) in [6, 6.07) is 5.47. The van der Waals surface area contributed by atoms with Gasteiger partial charge in [-0.3, -0.25) is 0 Å². The summed E-state index contributed by atoms with van der Waals surface area (Å²) >= 11 is 4.36. The lowest BCUT2D eigenvalue weighted by Gasteiger charge is -2.11. The number of pyridine rings is 2. The normalized spacial score (nSPS) is 11.4. The molecule has 0 aliphatic carbocycles. The van der Waals surface area contributed by atoms with Gasteiger partial charge in [0.1, 0.15) is 15.9 Å². The molecule has 0 unspecified atom stereocenters. The molecular weight excluding hydrogens is 355 g/mol. The molecule has 3 nitrogen and oxygen atoms in total. The third-order valence-electron chi connectivity index (χ3n) is 2.31. The van der Waals surface area contributed by atoms with Gasteiger partial charge in [-0.1, -0.05) is 0 Å². The smallest absolute Gasteiger partial charge is 0.373 e. The van der Waals surface area contributed by atoms with Gasteiger partial charge < -0.3 is 5.32 Å². The predicted molar refractivity (Wildman–Crippen MR) is 74.8 cm³/mol. The summed E-state index contributed by atoms with van der Waals surface area (Å²) < 4.78 is 39.1. The second-order valence-corrected chi connectivity index (χ2v) is 5.58. The highest BCUT2D eigenvalue weighted by molar-refractivity contribution is 9.10. The number of alkyl halides is 3. The molecular formula is C12H9BrF3N3S. The average Bonchev–Trinajstić information content (AvgIpc) is 2.40. The topological polar surface area (TPSA) is 37.8 Å². The predicted octanol–water partition coefficient (Wildman–Crippen LogP) is 4.45. The van der Waals surface area contributed by atoms with Crippen molar-refractivity contribution in [1.82, 2.24) is 9.97 Å². The van der Waals surface area contributed by atoms with Crippen molar-refractivity contribution in [1.29, 1.82) is 0 Å². The van der Waals surface area contributed by atoms with E-state index in [4.69, 9.17) is 0 Å². The Hall–Kier alpha value is -1.28. The van der Waals surface area contributed by atoms with E-state index in [9.17, 15) is 13.2 Å². The van der Waals surface area contributed by atoms with Gasteiger partial charge in [-0.25, -0.2) is 9.97 Å². The first-order chi connectivity index (χ1) is 9.40. The Balaban J connectivity index is 2.39. The first kappa shape index (κ1) is 15.1. The lowest BCUT2D eigenvalue weighted by Crippen LogP contribution is -2.07. The Morgan fingerprint density at radius 2 is 2.05 bits per heavy atom. The lowest BCUT2D eigenvalue weighted by atomic mass is 10.2. The van der Waals surface area contributed by atoms with Crippen molar-refractivity contribution in [3.8, 4) is 0 Å². The van der Waals surface area contributed by atoms with Gasteiger partial charge in [-0.15, -0.1) is 0 Å². The first-order valence-corrected chi connectivity index (χ1v) is 7.06. The Morgan fingerprint density at radius 3 is 2.65 bits per heavy atom. The fourth-order valence-corrected chi connectivity index (χ4v) is 2.70. The molecule has 20 heavy (non-hydrogen) atoms. The minimum atomic E-state index is -4.41. The van der Waals surface area contributed by atoms with E-state index < -0.39 is 11.7 Å². The van der Waals surface area contributed by atoms with E-state index in [1.54, 1.807) is 18.3 Å². The summed E-state index contributed by atoms with van der Waals surface area (Å²) in [6.45, 7) is 0. The molecule has 2 rings (SSSR count). The zero-order valence-electron chi connectivity index (χ0n) is 10.2. The molecule has 8 heteroatoms. The van der Waals surface area contributed by atoms with Crippen molar-refractivity contribution in [3.05, 3.63) is 40.5 Å². The number of rotatable bonds is 3. The molecule has 2 heterocycles. The van der Waals surface area contributed by atoms with Gasteiger partial charge in [-0.2, -0.15) is 13.2 Å². The Morgan fingerprint density at radius 1 is 1.30 bits per heavy atom. The van der Waals surface area contributed by atoms with Gasteiger partial charge >= 0.3 is 6.18 Å². The van der Waals surface area contributed by atoms with Crippen molar-refractivity contribution < 1.29 is 13.2 Å². The van der Waals surface area contributed by atoms with Crippen LogP contribution in [0.4, 0.5) is 19.0 Å². The van der Waals surface area contributed by atoms with E-state index >= 15 is 0 Å². The second kappa shape index (κ2) is 6.01. The summed E-state index contributed by atoms with van der Waals surface area (Å²) in [5.41, 5.74) is -0.744. The summed E-state index contributed by atoms with van der Waals surface area (Å²) in [4.78, 5) is 8.19. The van der Waals surface area contributed by atoms with Crippen LogP contribution in [0.5, 0.6) is 0 Å². The number of hydrogen-bond acceptors (Lipinski definition) is 4. The Labute approximate surface area is 126 Å². The number of halogens is 4. The SMILES string of the molecule is CNc1cc(C(F)(F)F)cc(Sc2ncccc2Br)n1. The zero-order valence-corrected chi connectivity index (χ0v) is 12.6. The molecule has 0 saturated carbocycles. The van der Waals surface area contributed by atoms with Crippen molar-refractivity contribution in [3.63, 3.8) is 0 Å².